The van der Waals surface area contributed by atoms with Crippen molar-refractivity contribution >= 4 is 12.0 Å². The zero-order chi connectivity index (χ0) is 31.9. The van der Waals surface area contributed by atoms with Crippen molar-refractivity contribution in [1.82, 2.24) is 15.1 Å². The van der Waals surface area contributed by atoms with Crippen molar-refractivity contribution in [3.05, 3.63) is 71.8 Å². The predicted molar refractivity (Wildman–Crippen MR) is 167 cm³/mol. The van der Waals surface area contributed by atoms with E-state index in [1.165, 1.54) is 5.56 Å². The van der Waals surface area contributed by atoms with Gasteiger partial charge in [-0.2, -0.15) is 0 Å². The summed E-state index contributed by atoms with van der Waals surface area (Å²) in [6.45, 7) is 11.6. The number of alkyl carbamates (subject to hydrolysis) is 1. The molecule has 240 valence electrons. The third-order valence-electron chi connectivity index (χ3n) is 10.0. The Balaban J connectivity index is 0.000000181. The molecule has 2 amide bonds. The number of nitrogens with zero attached hydrogens (tertiary/aromatic N) is 2. The predicted octanol–water partition coefficient (Wildman–Crippen LogP) is 6.11. The average Bonchev–Trinajstić information content (AvgIpc) is 3.62. The summed E-state index contributed by atoms with van der Waals surface area (Å²) in [5.74, 6) is -0.200. The highest BCUT2D eigenvalue weighted by molar-refractivity contribution is 5.84. The number of likely N-dealkylation sites (tertiary alicyclic amines) is 2. The van der Waals surface area contributed by atoms with Crippen LogP contribution in [0.25, 0.3) is 0 Å². The van der Waals surface area contributed by atoms with E-state index in [0.717, 1.165) is 12.1 Å². The fourth-order valence-electron chi connectivity index (χ4n) is 7.75. The third-order valence-corrected chi connectivity index (χ3v) is 10.0. The highest BCUT2D eigenvalue weighted by Crippen LogP contribution is 2.46. The number of hydrogen-bond donors (Lipinski definition) is 2. The van der Waals surface area contributed by atoms with Gasteiger partial charge in [0.15, 0.2) is 0 Å². The minimum atomic E-state index is -0.923. The molecular weight excluding hydrogens is 562 g/mol. The molecule has 3 N–H and O–H groups in total. The van der Waals surface area contributed by atoms with Gasteiger partial charge in [0.05, 0.1) is 17.5 Å². The molecule has 0 bridgehead atoms. The van der Waals surface area contributed by atoms with E-state index in [9.17, 15) is 18.4 Å². The second kappa shape index (κ2) is 12.4. The van der Waals surface area contributed by atoms with Crippen LogP contribution in [0, 0.1) is 11.8 Å². The smallest absolute Gasteiger partial charge is 0.408 e. The SMILES string of the molecule is C[C@H](c1ccccc1)N1C[C@H]2CC(F)C[C@@]2(NC(=O)OC(C)(C)C)C1.C[C@H](c1ccccc1)N1C[C@]2(N)CC(F)C[C@@H]2C1=O. The van der Waals surface area contributed by atoms with E-state index in [0.29, 0.717) is 32.4 Å². The number of carbonyl (C=O) groups is 2. The van der Waals surface area contributed by atoms with Gasteiger partial charge in [-0.15, -0.1) is 0 Å². The van der Waals surface area contributed by atoms with Crippen LogP contribution < -0.4 is 11.1 Å². The molecule has 0 radical (unpaired) electrons. The van der Waals surface area contributed by atoms with Gasteiger partial charge in [0.2, 0.25) is 5.91 Å². The Morgan fingerprint density at radius 2 is 1.50 bits per heavy atom. The van der Waals surface area contributed by atoms with Gasteiger partial charge < -0.3 is 20.7 Å². The molecule has 2 unspecified atom stereocenters. The summed E-state index contributed by atoms with van der Waals surface area (Å²) in [6.07, 6.45) is -0.750. The first-order valence-corrected chi connectivity index (χ1v) is 15.9. The van der Waals surface area contributed by atoms with Crippen LogP contribution in [0.2, 0.25) is 0 Å². The van der Waals surface area contributed by atoms with Gasteiger partial charge in [-0.05, 0) is 70.9 Å². The molecule has 2 aliphatic carbocycles. The zero-order valence-electron chi connectivity index (χ0n) is 26.6. The number of ether oxygens (including phenoxy) is 1. The van der Waals surface area contributed by atoms with Gasteiger partial charge >= 0.3 is 6.09 Å². The van der Waals surface area contributed by atoms with Crippen LogP contribution in [0.3, 0.4) is 0 Å². The highest BCUT2D eigenvalue weighted by atomic mass is 19.1. The fourth-order valence-corrected chi connectivity index (χ4v) is 7.75. The van der Waals surface area contributed by atoms with Crippen LogP contribution in [0.15, 0.2) is 60.7 Å². The Morgan fingerprint density at radius 1 is 0.932 bits per heavy atom. The molecule has 0 spiro atoms. The first-order chi connectivity index (χ1) is 20.7. The average molecular weight is 611 g/mol. The summed E-state index contributed by atoms with van der Waals surface area (Å²) >= 11 is 0. The Bertz CT molecular complexity index is 1310. The maximum atomic E-state index is 14.1. The van der Waals surface area contributed by atoms with Crippen molar-refractivity contribution < 1.29 is 23.1 Å². The maximum Gasteiger partial charge on any atom is 0.408 e. The molecule has 2 aromatic carbocycles. The van der Waals surface area contributed by atoms with E-state index in [4.69, 9.17) is 10.5 Å². The van der Waals surface area contributed by atoms with E-state index >= 15 is 0 Å². The second-order valence-electron chi connectivity index (χ2n) is 14.4. The number of carbonyl (C=O) groups excluding carboxylic acids is 2. The summed E-state index contributed by atoms with van der Waals surface area (Å²) in [5, 5.41) is 3.03. The van der Waals surface area contributed by atoms with Crippen LogP contribution in [0.4, 0.5) is 13.6 Å². The fraction of sp³-hybridized carbons (Fsp3) is 0.600. The number of alkyl halides is 2. The molecule has 2 saturated heterocycles. The lowest BCUT2D eigenvalue weighted by atomic mass is 9.91. The van der Waals surface area contributed by atoms with Gasteiger partial charge in [0.1, 0.15) is 17.9 Å². The van der Waals surface area contributed by atoms with Crippen LogP contribution in [0.5, 0.6) is 0 Å². The van der Waals surface area contributed by atoms with Crippen LogP contribution in [0.1, 0.15) is 83.5 Å². The van der Waals surface area contributed by atoms with E-state index in [1.54, 1.807) is 0 Å². The van der Waals surface area contributed by atoms with E-state index < -0.39 is 35.1 Å². The van der Waals surface area contributed by atoms with Gasteiger partial charge in [0.25, 0.3) is 0 Å². The quantitative estimate of drug-likeness (QED) is 0.427. The number of hydrogen-bond acceptors (Lipinski definition) is 5. The molecule has 8 atom stereocenters. The number of nitrogens with one attached hydrogen (secondary N) is 1. The Labute approximate surface area is 260 Å². The number of benzene rings is 2. The van der Waals surface area contributed by atoms with Crippen molar-refractivity contribution in [1.29, 1.82) is 0 Å². The Morgan fingerprint density at radius 3 is 2.07 bits per heavy atom. The number of halogens is 2. The minimum absolute atomic E-state index is 0.00205. The van der Waals surface area contributed by atoms with Gasteiger partial charge in [-0.25, -0.2) is 13.6 Å². The second-order valence-corrected chi connectivity index (χ2v) is 14.4. The first kappa shape index (κ1) is 32.4. The molecule has 2 aliphatic heterocycles. The Hall–Kier alpha value is -3.04. The van der Waals surface area contributed by atoms with Crippen molar-refractivity contribution in [2.75, 3.05) is 19.6 Å². The van der Waals surface area contributed by atoms with Crippen molar-refractivity contribution in [3.63, 3.8) is 0 Å². The molecule has 2 heterocycles. The van der Waals surface area contributed by atoms with E-state index in [2.05, 4.69) is 29.3 Å². The van der Waals surface area contributed by atoms with Crippen molar-refractivity contribution in [2.24, 2.45) is 17.6 Å². The number of nitrogens with two attached hydrogens (primary N) is 1. The van der Waals surface area contributed by atoms with Crippen LogP contribution in [-0.4, -0.2) is 70.5 Å². The van der Waals surface area contributed by atoms with Crippen LogP contribution >= 0.6 is 0 Å². The van der Waals surface area contributed by atoms with Gasteiger partial charge in [-0.1, -0.05) is 60.7 Å². The lowest BCUT2D eigenvalue weighted by molar-refractivity contribution is -0.133. The van der Waals surface area contributed by atoms with Crippen LogP contribution in [-0.2, 0) is 9.53 Å². The number of fused-ring (bicyclic) bond motifs is 2. The molecule has 9 heteroatoms. The third kappa shape index (κ3) is 6.79. The topological polar surface area (TPSA) is 87.9 Å². The summed E-state index contributed by atoms with van der Waals surface area (Å²) in [7, 11) is 0. The van der Waals surface area contributed by atoms with E-state index in [1.807, 2.05) is 81.1 Å². The lowest BCUT2D eigenvalue weighted by Crippen LogP contribution is -2.53. The molecule has 2 aromatic rings. The molecule has 2 saturated carbocycles. The summed E-state index contributed by atoms with van der Waals surface area (Å²) < 4.78 is 33.0. The maximum absolute atomic E-state index is 14.1. The molecule has 4 aliphatic rings. The summed E-state index contributed by atoms with van der Waals surface area (Å²) in [5.41, 5.74) is 6.84. The van der Waals surface area contributed by atoms with Gasteiger partial charge in [-0.3, -0.25) is 9.69 Å². The van der Waals surface area contributed by atoms with Crippen molar-refractivity contribution in [3.8, 4) is 0 Å². The first-order valence-electron chi connectivity index (χ1n) is 15.9. The largest absolute Gasteiger partial charge is 0.444 e. The van der Waals surface area contributed by atoms with Gasteiger partial charge in [0, 0.05) is 37.6 Å². The van der Waals surface area contributed by atoms with E-state index in [-0.39, 0.29) is 36.2 Å². The zero-order valence-corrected chi connectivity index (χ0v) is 26.6. The molecule has 7 nitrogen and oxygen atoms in total. The standard InChI is InChI=1S/C20H29FN2O2.C15H19FN2O/c1-14(15-8-6-5-7-9-15)23-12-16-10-17(21)11-20(16,13-23)22-18(24)25-19(2,3)4;1-10(11-5-3-2-4-6-11)18-9-15(17)8-12(16)7-13(15)14(18)19/h5-9,14,16-17H,10-13H2,1-4H3,(H,22,24);2-6,10,12-13H,7-9,17H2,1H3/t14-,16-,17?,20-;10-,12?,13-,15-/m11/s1. The molecular formula is C35H48F2N4O3. The minimum Gasteiger partial charge on any atom is -0.444 e. The highest BCUT2D eigenvalue weighted by Gasteiger charge is 2.57. The van der Waals surface area contributed by atoms with Crippen molar-refractivity contribution in [2.45, 2.75) is 101 Å². The number of amides is 2. The number of rotatable bonds is 5. The normalized spacial score (nSPS) is 32.8. The summed E-state index contributed by atoms with van der Waals surface area (Å²) in [4.78, 5) is 28.9. The lowest BCUT2D eigenvalue weighted by Gasteiger charge is -2.32. The molecule has 4 fully saturated rings. The monoisotopic (exact) mass is 610 g/mol. The molecule has 0 aromatic heterocycles. The molecule has 44 heavy (non-hydrogen) atoms. The molecule has 6 rings (SSSR count). The Kier molecular flexibility index (Phi) is 9.11. The summed E-state index contributed by atoms with van der Waals surface area (Å²) in [6, 6.07) is 20.4.